The number of anilines is 1. The molecule has 0 bridgehead atoms. The molecule has 6 heteroatoms. The Kier molecular flexibility index (Phi) is 6.50. The van der Waals surface area contributed by atoms with E-state index in [1.807, 2.05) is 29.2 Å². The van der Waals surface area contributed by atoms with E-state index >= 15 is 0 Å². The van der Waals surface area contributed by atoms with Crippen LogP contribution in [0.5, 0.6) is 5.75 Å². The van der Waals surface area contributed by atoms with Gasteiger partial charge in [-0.3, -0.25) is 9.59 Å². The minimum atomic E-state index is -0.222. The van der Waals surface area contributed by atoms with Gasteiger partial charge in [-0.2, -0.15) is 0 Å². The highest BCUT2D eigenvalue weighted by atomic mass is 16.5. The van der Waals surface area contributed by atoms with Crippen LogP contribution in [0, 0.1) is 5.92 Å². The summed E-state index contributed by atoms with van der Waals surface area (Å²) in [5.41, 5.74) is 0.756. The van der Waals surface area contributed by atoms with Crippen molar-refractivity contribution < 1.29 is 19.1 Å². The fraction of sp³-hybridized carbons (Fsp3) is 0.600. The van der Waals surface area contributed by atoms with Crippen LogP contribution in [0.3, 0.4) is 0 Å². The summed E-state index contributed by atoms with van der Waals surface area (Å²) in [6, 6.07) is 7.37. The summed E-state index contributed by atoms with van der Waals surface area (Å²) in [5.74, 6) is 1.40. The maximum Gasteiger partial charge on any atom is 0.251 e. The number of carbonyl (C=O) groups excluding carboxylic acids is 2. The molecule has 142 valence electrons. The molecule has 1 atom stereocenters. The Bertz CT molecular complexity index is 620. The van der Waals surface area contributed by atoms with Crippen molar-refractivity contribution in [3.8, 4) is 5.75 Å². The number of hydrogen-bond acceptors (Lipinski definition) is 4. The third-order valence-electron chi connectivity index (χ3n) is 5.26. The lowest BCUT2D eigenvalue weighted by Gasteiger charge is -2.33. The molecule has 0 spiro atoms. The Hall–Kier alpha value is -2.08. The average molecular weight is 360 g/mol. The van der Waals surface area contributed by atoms with E-state index in [9.17, 15) is 9.59 Å². The van der Waals surface area contributed by atoms with Crippen LogP contribution in [0.4, 0.5) is 5.69 Å². The first-order chi connectivity index (χ1) is 12.7. The number of carbonyl (C=O) groups is 2. The van der Waals surface area contributed by atoms with Crippen molar-refractivity contribution in [2.24, 2.45) is 5.92 Å². The molecule has 0 unspecified atom stereocenters. The number of methoxy groups -OCH3 is 1. The zero-order chi connectivity index (χ0) is 18.4. The van der Waals surface area contributed by atoms with Crippen molar-refractivity contribution in [1.29, 1.82) is 0 Å². The predicted molar refractivity (Wildman–Crippen MR) is 99.1 cm³/mol. The molecular formula is C20H28N2O4. The number of piperidine rings is 1. The zero-order valence-corrected chi connectivity index (χ0v) is 15.4. The molecule has 2 aliphatic rings. The molecule has 3 rings (SSSR count). The molecule has 1 aromatic carbocycles. The summed E-state index contributed by atoms with van der Waals surface area (Å²) in [6.07, 6.45) is 4.90. The average Bonchev–Trinajstić information content (AvgIpc) is 3.21. The largest absolute Gasteiger partial charge is 0.497 e. The summed E-state index contributed by atoms with van der Waals surface area (Å²) >= 11 is 0. The van der Waals surface area contributed by atoms with Gasteiger partial charge in [0.05, 0.1) is 7.11 Å². The molecule has 1 aromatic rings. The summed E-state index contributed by atoms with van der Waals surface area (Å²) in [7, 11) is 1.61. The SMILES string of the molecule is COc1cccc(NC(=O)CCC2CCN(C(=O)[C@@H]3CCCO3)CC2)c1. The number of likely N-dealkylation sites (tertiary alicyclic amines) is 1. The van der Waals surface area contributed by atoms with Gasteiger partial charge in [0.1, 0.15) is 11.9 Å². The fourth-order valence-corrected chi connectivity index (χ4v) is 3.68. The predicted octanol–water partition coefficient (Wildman–Crippen LogP) is 2.83. The molecule has 0 aliphatic carbocycles. The maximum atomic E-state index is 12.4. The van der Waals surface area contributed by atoms with Gasteiger partial charge in [-0.25, -0.2) is 0 Å². The van der Waals surface area contributed by atoms with E-state index in [2.05, 4.69) is 5.32 Å². The van der Waals surface area contributed by atoms with Crippen LogP contribution in [-0.4, -0.2) is 49.6 Å². The van der Waals surface area contributed by atoms with E-state index in [1.54, 1.807) is 7.11 Å². The summed E-state index contributed by atoms with van der Waals surface area (Å²) < 4.78 is 10.7. The molecule has 2 amide bonds. The molecule has 0 saturated carbocycles. The Morgan fingerprint density at radius 1 is 1.27 bits per heavy atom. The number of amides is 2. The lowest BCUT2D eigenvalue weighted by atomic mass is 9.91. The van der Waals surface area contributed by atoms with Crippen molar-refractivity contribution in [2.45, 2.75) is 44.6 Å². The molecule has 6 nitrogen and oxygen atoms in total. The zero-order valence-electron chi connectivity index (χ0n) is 15.4. The van der Waals surface area contributed by atoms with E-state index in [4.69, 9.17) is 9.47 Å². The van der Waals surface area contributed by atoms with Gasteiger partial charge < -0.3 is 19.7 Å². The number of nitrogens with one attached hydrogen (secondary N) is 1. The summed E-state index contributed by atoms with van der Waals surface area (Å²) in [5, 5.41) is 2.92. The third-order valence-corrected chi connectivity index (χ3v) is 5.26. The van der Waals surface area contributed by atoms with Crippen LogP contribution < -0.4 is 10.1 Å². The molecule has 0 aromatic heterocycles. The minimum absolute atomic E-state index is 0.0242. The number of hydrogen-bond donors (Lipinski definition) is 1. The highest BCUT2D eigenvalue weighted by Crippen LogP contribution is 2.25. The van der Waals surface area contributed by atoms with Crippen LogP contribution in [-0.2, 0) is 14.3 Å². The van der Waals surface area contributed by atoms with Crippen molar-refractivity contribution in [3.63, 3.8) is 0 Å². The summed E-state index contributed by atoms with van der Waals surface area (Å²) in [4.78, 5) is 26.5. The molecule has 2 fully saturated rings. The first-order valence-electron chi connectivity index (χ1n) is 9.50. The van der Waals surface area contributed by atoms with Crippen molar-refractivity contribution >= 4 is 17.5 Å². The Morgan fingerprint density at radius 2 is 2.08 bits per heavy atom. The van der Waals surface area contributed by atoms with E-state index in [-0.39, 0.29) is 17.9 Å². The lowest BCUT2D eigenvalue weighted by Crippen LogP contribution is -2.43. The standard InChI is InChI=1S/C20H28N2O4/c1-25-17-5-2-4-16(14-17)21-19(23)8-7-15-9-11-22(12-10-15)20(24)18-6-3-13-26-18/h2,4-5,14-15,18H,3,6-13H2,1H3,(H,21,23)/t18-/m0/s1. The topological polar surface area (TPSA) is 67.9 Å². The maximum absolute atomic E-state index is 12.4. The highest BCUT2D eigenvalue weighted by Gasteiger charge is 2.30. The third kappa shape index (κ3) is 4.97. The number of rotatable bonds is 6. The van der Waals surface area contributed by atoms with Crippen LogP contribution in [0.25, 0.3) is 0 Å². The van der Waals surface area contributed by atoms with Gasteiger partial charge >= 0.3 is 0 Å². The molecule has 26 heavy (non-hydrogen) atoms. The second-order valence-electron chi connectivity index (χ2n) is 7.09. The van der Waals surface area contributed by atoms with E-state index < -0.39 is 0 Å². The molecule has 2 aliphatic heterocycles. The number of benzene rings is 1. The van der Waals surface area contributed by atoms with Gasteiger partial charge in [0.2, 0.25) is 5.91 Å². The normalized spacial score (nSPS) is 20.8. The van der Waals surface area contributed by atoms with Gasteiger partial charge in [0, 0.05) is 37.9 Å². The van der Waals surface area contributed by atoms with Gasteiger partial charge in [0.25, 0.3) is 5.91 Å². The monoisotopic (exact) mass is 360 g/mol. The molecule has 2 saturated heterocycles. The van der Waals surface area contributed by atoms with Gasteiger partial charge in [0.15, 0.2) is 0 Å². The fourth-order valence-electron chi connectivity index (χ4n) is 3.68. The summed E-state index contributed by atoms with van der Waals surface area (Å²) in [6.45, 7) is 2.26. The van der Waals surface area contributed by atoms with E-state index in [0.29, 0.717) is 18.9 Å². The molecule has 1 N–H and O–H groups in total. The van der Waals surface area contributed by atoms with Crippen LogP contribution >= 0.6 is 0 Å². The first-order valence-corrected chi connectivity index (χ1v) is 9.50. The van der Waals surface area contributed by atoms with Crippen molar-refractivity contribution in [3.05, 3.63) is 24.3 Å². The molecule has 2 heterocycles. The number of ether oxygens (including phenoxy) is 2. The van der Waals surface area contributed by atoms with Crippen molar-refractivity contribution in [1.82, 2.24) is 4.90 Å². The van der Waals surface area contributed by atoms with E-state index in [1.165, 1.54) is 0 Å². The highest BCUT2D eigenvalue weighted by molar-refractivity contribution is 5.90. The quantitative estimate of drug-likeness (QED) is 0.847. The molecule has 0 radical (unpaired) electrons. The second-order valence-corrected chi connectivity index (χ2v) is 7.09. The first kappa shape index (κ1) is 18.7. The molecular weight excluding hydrogens is 332 g/mol. The van der Waals surface area contributed by atoms with Crippen molar-refractivity contribution in [2.75, 3.05) is 32.1 Å². The van der Waals surface area contributed by atoms with Crippen LogP contribution in [0.1, 0.15) is 38.5 Å². The Morgan fingerprint density at radius 3 is 2.77 bits per heavy atom. The van der Waals surface area contributed by atoms with Gasteiger partial charge in [-0.15, -0.1) is 0 Å². The van der Waals surface area contributed by atoms with Gasteiger partial charge in [-0.05, 0) is 50.2 Å². The smallest absolute Gasteiger partial charge is 0.251 e. The van der Waals surface area contributed by atoms with Gasteiger partial charge in [-0.1, -0.05) is 6.07 Å². The Balaban J connectivity index is 1.37. The van der Waals surface area contributed by atoms with Crippen LogP contribution in [0.15, 0.2) is 24.3 Å². The number of nitrogens with zero attached hydrogens (tertiary/aromatic N) is 1. The Labute approximate surface area is 154 Å². The lowest BCUT2D eigenvalue weighted by molar-refractivity contribution is -0.142. The second kappa shape index (κ2) is 9.03. The van der Waals surface area contributed by atoms with Crippen LogP contribution in [0.2, 0.25) is 0 Å². The van der Waals surface area contributed by atoms with E-state index in [0.717, 1.165) is 56.6 Å². The minimum Gasteiger partial charge on any atom is -0.497 e.